The quantitative estimate of drug-likeness (QED) is 0.906. The molecular weight excluding hydrogens is 238 g/mol. The maximum atomic E-state index is 11.8. The van der Waals surface area contributed by atoms with Gasteiger partial charge in [-0.3, -0.25) is 4.79 Å². The SMILES string of the molecule is CCCc1cc(=O)[nH]c(C2CC3CCC(C2)N3C)n1. The topological polar surface area (TPSA) is 49.0 Å². The van der Waals surface area contributed by atoms with Crippen molar-refractivity contribution >= 4 is 0 Å². The first kappa shape index (κ1) is 12.9. The molecule has 0 radical (unpaired) electrons. The Hall–Kier alpha value is -1.16. The minimum Gasteiger partial charge on any atom is -0.310 e. The van der Waals surface area contributed by atoms with Gasteiger partial charge in [-0.15, -0.1) is 0 Å². The molecule has 3 rings (SSSR count). The number of piperidine rings is 1. The fourth-order valence-electron chi connectivity index (χ4n) is 3.74. The van der Waals surface area contributed by atoms with E-state index in [-0.39, 0.29) is 5.56 Å². The molecule has 0 saturated carbocycles. The van der Waals surface area contributed by atoms with Crippen LogP contribution < -0.4 is 5.56 Å². The summed E-state index contributed by atoms with van der Waals surface area (Å²) in [7, 11) is 2.24. The number of nitrogens with zero attached hydrogens (tertiary/aromatic N) is 2. The molecule has 104 valence electrons. The Labute approximate surface area is 114 Å². The number of nitrogens with one attached hydrogen (secondary N) is 1. The molecule has 0 aromatic carbocycles. The van der Waals surface area contributed by atoms with Crippen molar-refractivity contribution in [2.75, 3.05) is 7.05 Å². The molecule has 2 unspecified atom stereocenters. The molecule has 4 nitrogen and oxygen atoms in total. The first-order chi connectivity index (χ1) is 9.17. The van der Waals surface area contributed by atoms with Crippen molar-refractivity contribution in [3.8, 4) is 0 Å². The molecule has 2 bridgehead atoms. The summed E-state index contributed by atoms with van der Waals surface area (Å²) in [5.74, 6) is 1.37. The number of rotatable bonds is 3. The minimum atomic E-state index is 0.0136. The zero-order valence-electron chi connectivity index (χ0n) is 11.9. The monoisotopic (exact) mass is 261 g/mol. The van der Waals surface area contributed by atoms with Crippen LogP contribution in [0.15, 0.2) is 10.9 Å². The van der Waals surface area contributed by atoms with Gasteiger partial charge in [0.1, 0.15) is 5.82 Å². The van der Waals surface area contributed by atoms with Crippen LogP contribution in [0.5, 0.6) is 0 Å². The third kappa shape index (κ3) is 2.46. The molecule has 2 atom stereocenters. The van der Waals surface area contributed by atoms with Crippen LogP contribution in [0.1, 0.15) is 56.5 Å². The minimum absolute atomic E-state index is 0.0136. The van der Waals surface area contributed by atoms with Crippen LogP contribution >= 0.6 is 0 Å². The second-order valence-corrected chi connectivity index (χ2v) is 6.09. The molecule has 2 aliphatic heterocycles. The summed E-state index contributed by atoms with van der Waals surface area (Å²) in [5, 5.41) is 0. The number of aromatic amines is 1. The van der Waals surface area contributed by atoms with Gasteiger partial charge in [0.25, 0.3) is 5.56 Å². The lowest BCUT2D eigenvalue weighted by molar-refractivity contribution is 0.158. The Morgan fingerprint density at radius 3 is 2.68 bits per heavy atom. The molecule has 2 fully saturated rings. The zero-order chi connectivity index (χ0) is 13.4. The van der Waals surface area contributed by atoms with Crippen LogP contribution in [0.3, 0.4) is 0 Å². The highest BCUT2D eigenvalue weighted by Crippen LogP contribution is 2.40. The lowest BCUT2D eigenvalue weighted by atomic mass is 9.90. The summed E-state index contributed by atoms with van der Waals surface area (Å²) < 4.78 is 0. The van der Waals surface area contributed by atoms with E-state index in [0.717, 1.165) is 37.2 Å². The molecule has 1 aromatic rings. The van der Waals surface area contributed by atoms with Crippen molar-refractivity contribution in [3.05, 3.63) is 27.9 Å². The Morgan fingerprint density at radius 2 is 2.05 bits per heavy atom. The van der Waals surface area contributed by atoms with Crippen LogP contribution in [0.2, 0.25) is 0 Å². The van der Waals surface area contributed by atoms with Gasteiger partial charge in [-0.05, 0) is 39.2 Å². The van der Waals surface area contributed by atoms with Crippen LogP contribution in [0.25, 0.3) is 0 Å². The second-order valence-electron chi connectivity index (χ2n) is 6.09. The molecule has 1 N–H and O–H groups in total. The summed E-state index contributed by atoms with van der Waals surface area (Å²) in [6, 6.07) is 3.02. The van der Waals surface area contributed by atoms with Crippen LogP contribution in [0, 0.1) is 0 Å². The summed E-state index contributed by atoms with van der Waals surface area (Å²) >= 11 is 0. The molecule has 0 amide bonds. The summed E-state index contributed by atoms with van der Waals surface area (Å²) in [4.78, 5) is 22.0. The molecule has 3 heterocycles. The third-order valence-electron chi connectivity index (χ3n) is 4.80. The molecular formula is C15H23N3O. The van der Waals surface area contributed by atoms with Crippen molar-refractivity contribution < 1.29 is 0 Å². The van der Waals surface area contributed by atoms with E-state index in [1.165, 1.54) is 12.8 Å². The number of aromatic nitrogens is 2. The van der Waals surface area contributed by atoms with E-state index in [1.807, 2.05) is 0 Å². The second kappa shape index (κ2) is 5.08. The number of hydrogen-bond donors (Lipinski definition) is 1. The lowest BCUT2D eigenvalue weighted by Gasteiger charge is -2.35. The predicted molar refractivity (Wildman–Crippen MR) is 75.4 cm³/mol. The fraction of sp³-hybridized carbons (Fsp3) is 0.733. The van der Waals surface area contributed by atoms with Gasteiger partial charge >= 0.3 is 0 Å². The number of hydrogen-bond acceptors (Lipinski definition) is 3. The lowest BCUT2D eigenvalue weighted by Crippen LogP contribution is -2.39. The van der Waals surface area contributed by atoms with Crippen LogP contribution in [-0.4, -0.2) is 34.0 Å². The van der Waals surface area contributed by atoms with Crippen molar-refractivity contribution in [2.24, 2.45) is 0 Å². The van der Waals surface area contributed by atoms with Gasteiger partial charge in [0.15, 0.2) is 0 Å². The van der Waals surface area contributed by atoms with E-state index in [9.17, 15) is 4.79 Å². The van der Waals surface area contributed by atoms with Gasteiger partial charge in [0, 0.05) is 29.8 Å². The highest BCUT2D eigenvalue weighted by molar-refractivity contribution is 5.10. The van der Waals surface area contributed by atoms with E-state index in [2.05, 4.69) is 23.9 Å². The van der Waals surface area contributed by atoms with E-state index < -0.39 is 0 Å². The van der Waals surface area contributed by atoms with Crippen LogP contribution in [0.4, 0.5) is 0 Å². The van der Waals surface area contributed by atoms with E-state index in [0.29, 0.717) is 18.0 Å². The maximum absolute atomic E-state index is 11.8. The fourth-order valence-corrected chi connectivity index (χ4v) is 3.74. The summed E-state index contributed by atoms with van der Waals surface area (Å²) in [5.41, 5.74) is 0.965. The molecule has 19 heavy (non-hydrogen) atoms. The standard InChI is InChI=1S/C15H23N3O/c1-3-4-11-9-14(19)17-15(16-11)10-7-12-5-6-13(8-10)18(12)2/h9-10,12-13H,3-8H2,1-2H3,(H,16,17,19). The molecule has 0 aliphatic carbocycles. The highest BCUT2D eigenvalue weighted by atomic mass is 16.1. The highest BCUT2D eigenvalue weighted by Gasteiger charge is 2.39. The number of fused-ring (bicyclic) bond motifs is 2. The van der Waals surface area contributed by atoms with Gasteiger partial charge in [-0.25, -0.2) is 4.98 Å². The third-order valence-corrected chi connectivity index (χ3v) is 4.80. The van der Waals surface area contributed by atoms with Gasteiger partial charge < -0.3 is 9.88 Å². The molecule has 2 aliphatic rings. The van der Waals surface area contributed by atoms with Crippen LogP contribution in [-0.2, 0) is 6.42 Å². The molecule has 0 spiro atoms. The molecule has 4 heteroatoms. The Morgan fingerprint density at radius 1 is 1.37 bits per heavy atom. The van der Waals surface area contributed by atoms with E-state index in [4.69, 9.17) is 4.98 Å². The van der Waals surface area contributed by atoms with E-state index >= 15 is 0 Å². The molecule has 1 aromatic heterocycles. The van der Waals surface area contributed by atoms with Gasteiger partial charge in [-0.2, -0.15) is 0 Å². The zero-order valence-corrected chi connectivity index (χ0v) is 11.9. The molecule has 2 saturated heterocycles. The van der Waals surface area contributed by atoms with Crippen molar-refractivity contribution in [1.82, 2.24) is 14.9 Å². The Kier molecular flexibility index (Phi) is 3.44. The average molecular weight is 261 g/mol. The maximum Gasteiger partial charge on any atom is 0.251 e. The van der Waals surface area contributed by atoms with Gasteiger partial charge in [-0.1, -0.05) is 13.3 Å². The van der Waals surface area contributed by atoms with Crippen molar-refractivity contribution in [3.63, 3.8) is 0 Å². The average Bonchev–Trinajstić information content (AvgIpc) is 2.62. The normalized spacial score (nSPS) is 30.7. The van der Waals surface area contributed by atoms with E-state index in [1.54, 1.807) is 6.07 Å². The summed E-state index contributed by atoms with van der Waals surface area (Å²) in [6.45, 7) is 2.12. The van der Waals surface area contributed by atoms with Gasteiger partial charge in [0.05, 0.1) is 0 Å². The smallest absolute Gasteiger partial charge is 0.251 e. The Balaban J connectivity index is 1.84. The Bertz CT molecular complexity index is 496. The number of aryl methyl sites for hydroxylation is 1. The largest absolute Gasteiger partial charge is 0.310 e. The predicted octanol–water partition coefficient (Wildman–Crippen LogP) is 2.06. The van der Waals surface area contributed by atoms with Crippen molar-refractivity contribution in [2.45, 2.75) is 63.5 Å². The van der Waals surface area contributed by atoms with Gasteiger partial charge in [0.2, 0.25) is 0 Å². The first-order valence-electron chi connectivity index (χ1n) is 7.49. The summed E-state index contributed by atoms with van der Waals surface area (Å²) in [6.07, 6.45) is 6.83. The number of H-pyrrole nitrogens is 1. The first-order valence-corrected chi connectivity index (χ1v) is 7.49. The van der Waals surface area contributed by atoms with Crippen molar-refractivity contribution in [1.29, 1.82) is 0 Å².